The number of nitrogens with one attached hydrogen (secondary N) is 3. The molecule has 174 valence electrons. The van der Waals surface area contributed by atoms with E-state index < -0.39 is 41.8 Å². The van der Waals surface area contributed by atoms with Gasteiger partial charge in [-0.1, -0.05) is 40.5 Å². The molecule has 4 unspecified atom stereocenters. The largest absolute Gasteiger partial charge is 0.480 e. The van der Waals surface area contributed by atoms with Crippen molar-refractivity contribution in [2.75, 3.05) is 13.1 Å². The molecule has 0 radical (unpaired) electrons. The Hall–Kier alpha value is -2.20. The zero-order chi connectivity index (χ0) is 23.3. The number of carboxylic acids is 1. The summed E-state index contributed by atoms with van der Waals surface area (Å²) >= 11 is 0. The number of amides is 3. The van der Waals surface area contributed by atoms with Gasteiger partial charge < -0.3 is 32.5 Å². The standard InChI is InChI=1S/C20H39N5O5/c1-5-13(4)17(25-18(27)14(22)8-6-7-9-21)19(28)23-11-16(26)24-15(20(29)30)10-12(2)3/h12-15,17H,5-11,21-22H2,1-4H3,(H,23,28)(H,24,26)(H,25,27)(H,29,30). The first kappa shape index (κ1) is 27.8. The van der Waals surface area contributed by atoms with Gasteiger partial charge in [-0.05, 0) is 37.6 Å². The van der Waals surface area contributed by atoms with E-state index in [9.17, 15) is 24.3 Å². The number of carbonyl (C=O) groups is 4. The van der Waals surface area contributed by atoms with E-state index in [1.54, 1.807) is 0 Å². The summed E-state index contributed by atoms with van der Waals surface area (Å²) in [5.41, 5.74) is 11.3. The minimum atomic E-state index is -1.13. The molecule has 10 nitrogen and oxygen atoms in total. The Kier molecular flexibility index (Phi) is 13.7. The van der Waals surface area contributed by atoms with Crippen LogP contribution in [-0.2, 0) is 19.2 Å². The van der Waals surface area contributed by atoms with Gasteiger partial charge in [0.15, 0.2) is 0 Å². The second-order valence-electron chi connectivity index (χ2n) is 8.07. The number of hydrogen-bond acceptors (Lipinski definition) is 6. The van der Waals surface area contributed by atoms with Gasteiger partial charge in [0.1, 0.15) is 12.1 Å². The molecule has 0 aromatic carbocycles. The quantitative estimate of drug-likeness (QED) is 0.194. The van der Waals surface area contributed by atoms with Gasteiger partial charge in [0.2, 0.25) is 17.7 Å². The van der Waals surface area contributed by atoms with Crippen LogP contribution in [0.3, 0.4) is 0 Å². The number of carboxylic acid groups (broad SMARTS) is 1. The summed E-state index contributed by atoms with van der Waals surface area (Å²) in [6.45, 7) is 7.54. The summed E-state index contributed by atoms with van der Waals surface area (Å²) in [5, 5.41) is 16.7. The second-order valence-corrected chi connectivity index (χ2v) is 8.07. The smallest absolute Gasteiger partial charge is 0.326 e. The summed E-state index contributed by atoms with van der Waals surface area (Å²) in [5.74, 6) is -2.78. The summed E-state index contributed by atoms with van der Waals surface area (Å²) < 4.78 is 0. The van der Waals surface area contributed by atoms with Crippen LogP contribution in [0.4, 0.5) is 0 Å². The summed E-state index contributed by atoms with van der Waals surface area (Å²) in [6, 6.07) is -2.61. The van der Waals surface area contributed by atoms with Crippen molar-refractivity contribution in [3.05, 3.63) is 0 Å². The van der Waals surface area contributed by atoms with Crippen LogP contribution in [0.5, 0.6) is 0 Å². The molecule has 3 amide bonds. The van der Waals surface area contributed by atoms with Gasteiger partial charge in [-0.3, -0.25) is 14.4 Å². The first-order valence-corrected chi connectivity index (χ1v) is 10.6. The molecular weight excluding hydrogens is 390 g/mol. The highest BCUT2D eigenvalue weighted by atomic mass is 16.4. The monoisotopic (exact) mass is 429 g/mol. The van der Waals surface area contributed by atoms with E-state index in [4.69, 9.17) is 11.5 Å². The maximum Gasteiger partial charge on any atom is 0.326 e. The minimum absolute atomic E-state index is 0.0834. The molecule has 0 aliphatic heterocycles. The highest BCUT2D eigenvalue weighted by Gasteiger charge is 2.28. The average Bonchev–Trinajstić information content (AvgIpc) is 2.68. The lowest BCUT2D eigenvalue weighted by atomic mass is 9.97. The summed E-state index contributed by atoms with van der Waals surface area (Å²) in [6.07, 6.45) is 2.85. The second kappa shape index (κ2) is 14.7. The fourth-order valence-electron chi connectivity index (χ4n) is 2.82. The SMILES string of the molecule is CCC(C)C(NC(=O)C(N)CCCCN)C(=O)NCC(=O)NC(CC(C)C)C(=O)O. The van der Waals surface area contributed by atoms with E-state index in [0.717, 1.165) is 6.42 Å². The number of hydrogen-bond donors (Lipinski definition) is 6. The molecule has 0 spiro atoms. The molecule has 4 atom stereocenters. The number of unbranched alkanes of at least 4 members (excludes halogenated alkanes) is 1. The first-order valence-electron chi connectivity index (χ1n) is 10.6. The molecule has 0 aliphatic carbocycles. The summed E-state index contributed by atoms with van der Waals surface area (Å²) in [4.78, 5) is 48.3. The van der Waals surface area contributed by atoms with Crippen molar-refractivity contribution in [3.8, 4) is 0 Å². The lowest BCUT2D eigenvalue weighted by Crippen LogP contribution is -2.55. The van der Waals surface area contributed by atoms with Gasteiger partial charge in [-0.2, -0.15) is 0 Å². The van der Waals surface area contributed by atoms with Crippen LogP contribution in [0.15, 0.2) is 0 Å². The van der Waals surface area contributed by atoms with Crippen LogP contribution < -0.4 is 27.4 Å². The molecule has 0 aromatic rings. The van der Waals surface area contributed by atoms with Crippen LogP contribution in [0.1, 0.15) is 59.8 Å². The minimum Gasteiger partial charge on any atom is -0.480 e. The topological polar surface area (TPSA) is 177 Å². The fraction of sp³-hybridized carbons (Fsp3) is 0.800. The molecule has 10 heteroatoms. The number of rotatable bonds is 15. The van der Waals surface area contributed by atoms with Gasteiger partial charge in [-0.25, -0.2) is 4.79 Å². The van der Waals surface area contributed by atoms with E-state index in [1.807, 2.05) is 27.7 Å². The molecule has 0 bridgehead atoms. The Balaban J connectivity index is 4.82. The Morgan fingerprint density at radius 2 is 1.63 bits per heavy atom. The van der Waals surface area contributed by atoms with Crippen LogP contribution in [0.25, 0.3) is 0 Å². The third-order valence-corrected chi connectivity index (χ3v) is 4.86. The van der Waals surface area contributed by atoms with Crippen molar-refractivity contribution in [2.45, 2.75) is 77.9 Å². The lowest BCUT2D eigenvalue weighted by Gasteiger charge is -2.25. The van der Waals surface area contributed by atoms with E-state index in [0.29, 0.717) is 25.8 Å². The Labute approximate surface area is 178 Å². The molecule has 0 fully saturated rings. The molecule has 0 heterocycles. The Bertz CT molecular complexity index is 570. The lowest BCUT2D eigenvalue weighted by molar-refractivity contribution is -0.142. The van der Waals surface area contributed by atoms with E-state index in [2.05, 4.69) is 16.0 Å². The normalized spacial score (nSPS) is 15.0. The predicted molar refractivity (Wildman–Crippen MR) is 114 cm³/mol. The van der Waals surface area contributed by atoms with Crippen molar-refractivity contribution in [1.82, 2.24) is 16.0 Å². The molecule has 30 heavy (non-hydrogen) atoms. The van der Waals surface area contributed by atoms with Crippen molar-refractivity contribution in [2.24, 2.45) is 23.3 Å². The fourth-order valence-corrected chi connectivity index (χ4v) is 2.82. The number of aliphatic carboxylic acids is 1. The van der Waals surface area contributed by atoms with Crippen LogP contribution in [0, 0.1) is 11.8 Å². The number of nitrogens with two attached hydrogens (primary N) is 2. The maximum atomic E-state index is 12.6. The maximum absolute atomic E-state index is 12.6. The average molecular weight is 430 g/mol. The van der Waals surface area contributed by atoms with E-state index in [-0.39, 0.29) is 24.8 Å². The van der Waals surface area contributed by atoms with Gasteiger partial charge in [0.05, 0.1) is 12.6 Å². The molecule has 0 rings (SSSR count). The molecule has 8 N–H and O–H groups in total. The zero-order valence-corrected chi connectivity index (χ0v) is 18.6. The van der Waals surface area contributed by atoms with Gasteiger partial charge in [0.25, 0.3) is 0 Å². The van der Waals surface area contributed by atoms with Crippen LogP contribution in [-0.4, -0.2) is 60.0 Å². The molecular formula is C20H39N5O5. The van der Waals surface area contributed by atoms with E-state index >= 15 is 0 Å². The van der Waals surface area contributed by atoms with Crippen molar-refractivity contribution in [1.29, 1.82) is 0 Å². The third-order valence-electron chi connectivity index (χ3n) is 4.86. The Morgan fingerprint density at radius 3 is 2.13 bits per heavy atom. The first-order chi connectivity index (χ1) is 14.0. The molecule has 0 saturated heterocycles. The predicted octanol–water partition coefficient (Wildman–Crippen LogP) is -0.295. The van der Waals surface area contributed by atoms with Crippen LogP contribution >= 0.6 is 0 Å². The van der Waals surface area contributed by atoms with Gasteiger partial charge in [0, 0.05) is 0 Å². The van der Waals surface area contributed by atoms with Crippen molar-refractivity contribution < 1.29 is 24.3 Å². The zero-order valence-electron chi connectivity index (χ0n) is 18.6. The van der Waals surface area contributed by atoms with Crippen molar-refractivity contribution >= 4 is 23.7 Å². The summed E-state index contributed by atoms with van der Waals surface area (Å²) in [7, 11) is 0. The third kappa shape index (κ3) is 11.1. The van der Waals surface area contributed by atoms with Gasteiger partial charge >= 0.3 is 5.97 Å². The van der Waals surface area contributed by atoms with E-state index in [1.165, 1.54) is 0 Å². The highest BCUT2D eigenvalue weighted by molar-refractivity contribution is 5.92. The molecule has 0 aromatic heterocycles. The Morgan fingerprint density at radius 1 is 1.00 bits per heavy atom. The molecule has 0 aliphatic rings. The number of carbonyl (C=O) groups excluding carboxylic acids is 3. The van der Waals surface area contributed by atoms with Crippen molar-refractivity contribution in [3.63, 3.8) is 0 Å². The van der Waals surface area contributed by atoms with Gasteiger partial charge in [-0.15, -0.1) is 0 Å². The highest BCUT2D eigenvalue weighted by Crippen LogP contribution is 2.09. The van der Waals surface area contributed by atoms with Crippen LogP contribution in [0.2, 0.25) is 0 Å². The molecule has 0 saturated carbocycles.